The average molecular weight is 484 g/mol. The minimum Gasteiger partial charge on any atom is -0.357 e. The molecule has 1 aliphatic rings. The molecule has 0 bridgehead atoms. The van der Waals surface area contributed by atoms with Crippen LogP contribution in [-0.2, 0) is 11.3 Å². The number of piperazine rings is 1. The Labute approximate surface area is 177 Å². The smallest absolute Gasteiger partial charge is 0.219 e. The number of nitrogens with one attached hydrogen (secondary N) is 1. The Morgan fingerprint density at radius 3 is 2.52 bits per heavy atom. The number of guanidine groups is 1. The van der Waals surface area contributed by atoms with Gasteiger partial charge in [-0.3, -0.25) is 9.79 Å². The Kier molecular flexibility index (Phi) is 7.88. The first kappa shape index (κ1) is 21.5. The number of rotatable bonds is 4. The lowest BCUT2D eigenvalue weighted by molar-refractivity contribution is -0.130. The van der Waals surface area contributed by atoms with E-state index in [-0.39, 0.29) is 29.9 Å². The molecule has 0 spiro atoms. The number of aliphatic imine (C=N–C) groups is 1. The fourth-order valence-electron chi connectivity index (χ4n) is 3.39. The first-order valence-electron chi connectivity index (χ1n) is 9.30. The number of imidazole rings is 1. The summed E-state index contributed by atoms with van der Waals surface area (Å²) in [6, 6.07) is 8.20. The van der Waals surface area contributed by atoms with Crippen molar-refractivity contribution < 1.29 is 4.79 Å². The van der Waals surface area contributed by atoms with Crippen molar-refractivity contribution in [3.63, 3.8) is 0 Å². The van der Waals surface area contributed by atoms with Crippen molar-refractivity contribution in [3.8, 4) is 0 Å². The molecule has 2 aromatic rings. The molecule has 1 saturated heterocycles. The van der Waals surface area contributed by atoms with Crippen LogP contribution in [-0.4, -0.2) is 70.5 Å². The predicted octanol–water partition coefficient (Wildman–Crippen LogP) is 2.09. The number of aromatic nitrogens is 2. The van der Waals surface area contributed by atoms with Gasteiger partial charge in [-0.25, -0.2) is 4.98 Å². The van der Waals surface area contributed by atoms with Crippen LogP contribution in [0.3, 0.4) is 0 Å². The molecule has 148 valence electrons. The number of para-hydroxylation sites is 2. The molecule has 7 nitrogen and oxygen atoms in total. The highest BCUT2D eigenvalue weighted by molar-refractivity contribution is 14.0. The quantitative estimate of drug-likeness (QED) is 0.410. The third-order valence-corrected chi connectivity index (χ3v) is 4.79. The van der Waals surface area contributed by atoms with Gasteiger partial charge in [0.25, 0.3) is 0 Å². The van der Waals surface area contributed by atoms with Gasteiger partial charge in [0.15, 0.2) is 5.96 Å². The summed E-state index contributed by atoms with van der Waals surface area (Å²) in [6.45, 7) is 11.2. The van der Waals surface area contributed by atoms with Crippen molar-refractivity contribution in [3.05, 3.63) is 30.1 Å². The SMILES string of the molecule is CCNC(=NCCn1c(C)nc2ccccc21)N1CCN(C(C)=O)CC1.I. The Hall–Kier alpha value is -1.84. The number of carbonyl (C=O) groups excluding carboxylic acids is 1. The van der Waals surface area contributed by atoms with Crippen LogP contribution in [0.2, 0.25) is 0 Å². The van der Waals surface area contributed by atoms with Crippen LogP contribution in [0.5, 0.6) is 0 Å². The van der Waals surface area contributed by atoms with Crippen LogP contribution in [0, 0.1) is 6.92 Å². The maximum Gasteiger partial charge on any atom is 0.219 e. The van der Waals surface area contributed by atoms with Crippen LogP contribution in [0.15, 0.2) is 29.3 Å². The highest BCUT2D eigenvalue weighted by atomic mass is 127. The normalized spacial score (nSPS) is 15.0. The molecule has 1 amide bonds. The lowest BCUT2D eigenvalue weighted by Gasteiger charge is -2.36. The Balaban J connectivity index is 0.00000261. The second kappa shape index (κ2) is 9.91. The molecule has 2 heterocycles. The van der Waals surface area contributed by atoms with E-state index >= 15 is 0 Å². The van der Waals surface area contributed by atoms with Crippen molar-refractivity contribution in [2.75, 3.05) is 39.3 Å². The minimum absolute atomic E-state index is 0. The zero-order valence-electron chi connectivity index (χ0n) is 16.3. The third kappa shape index (κ3) is 5.12. The molecule has 1 aliphatic heterocycles. The summed E-state index contributed by atoms with van der Waals surface area (Å²) < 4.78 is 2.22. The van der Waals surface area contributed by atoms with Gasteiger partial charge < -0.3 is 19.7 Å². The number of nitrogens with zero attached hydrogens (tertiary/aromatic N) is 5. The lowest BCUT2D eigenvalue weighted by atomic mass is 10.3. The van der Waals surface area contributed by atoms with Crippen molar-refractivity contribution >= 4 is 46.9 Å². The van der Waals surface area contributed by atoms with Gasteiger partial charge in [0.05, 0.1) is 17.6 Å². The molecule has 0 atom stereocenters. The zero-order valence-corrected chi connectivity index (χ0v) is 18.6. The Morgan fingerprint density at radius 1 is 1.19 bits per heavy atom. The number of amides is 1. The summed E-state index contributed by atoms with van der Waals surface area (Å²) in [7, 11) is 0. The van der Waals surface area contributed by atoms with Crippen LogP contribution in [0.25, 0.3) is 11.0 Å². The number of fused-ring (bicyclic) bond motifs is 1. The topological polar surface area (TPSA) is 65.8 Å². The first-order valence-corrected chi connectivity index (χ1v) is 9.30. The molecule has 0 aliphatic carbocycles. The summed E-state index contributed by atoms with van der Waals surface area (Å²) >= 11 is 0. The first-order chi connectivity index (χ1) is 12.6. The van der Waals surface area contributed by atoms with E-state index in [9.17, 15) is 4.79 Å². The summed E-state index contributed by atoms with van der Waals surface area (Å²) in [6.07, 6.45) is 0. The molecule has 0 saturated carbocycles. The van der Waals surface area contributed by atoms with Crippen molar-refractivity contribution in [1.82, 2.24) is 24.7 Å². The summed E-state index contributed by atoms with van der Waals surface area (Å²) in [4.78, 5) is 25.0. The third-order valence-electron chi connectivity index (χ3n) is 4.79. The number of carbonyl (C=O) groups is 1. The minimum atomic E-state index is 0. The molecular weight excluding hydrogens is 455 g/mol. The summed E-state index contributed by atoms with van der Waals surface area (Å²) in [5.41, 5.74) is 2.18. The van der Waals surface area contributed by atoms with E-state index in [0.29, 0.717) is 6.54 Å². The number of benzene rings is 1. The van der Waals surface area contributed by atoms with Gasteiger partial charge in [0.2, 0.25) is 5.91 Å². The second-order valence-electron chi connectivity index (χ2n) is 6.53. The van der Waals surface area contributed by atoms with Gasteiger partial charge in [-0.15, -0.1) is 24.0 Å². The van der Waals surface area contributed by atoms with E-state index in [4.69, 9.17) is 4.99 Å². The maximum atomic E-state index is 11.5. The van der Waals surface area contributed by atoms with Crippen molar-refractivity contribution in [2.45, 2.75) is 27.3 Å². The molecule has 1 fully saturated rings. The lowest BCUT2D eigenvalue weighted by Crippen LogP contribution is -2.53. The zero-order chi connectivity index (χ0) is 18.5. The maximum absolute atomic E-state index is 11.5. The van der Waals surface area contributed by atoms with Crippen LogP contribution < -0.4 is 5.32 Å². The van der Waals surface area contributed by atoms with Crippen LogP contribution in [0.1, 0.15) is 19.7 Å². The van der Waals surface area contributed by atoms with Gasteiger partial charge in [-0.05, 0) is 26.0 Å². The molecule has 1 aromatic carbocycles. The standard InChI is InChI=1S/C19H28N6O.HI/c1-4-20-19(24-13-11-23(12-14-24)16(3)26)21-9-10-25-15(2)22-17-7-5-6-8-18(17)25;/h5-8H,4,9-14H2,1-3H3,(H,20,21);1H. The highest BCUT2D eigenvalue weighted by Gasteiger charge is 2.20. The predicted molar refractivity (Wildman–Crippen MR) is 120 cm³/mol. The van der Waals surface area contributed by atoms with Crippen molar-refractivity contribution in [2.24, 2.45) is 4.99 Å². The number of halogens is 1. The van der Waals surface area contributed by atoms with E-state index in [2.05, 4.69) is 32.8 Å². The number of aryl methyl sites for hydroxylation is 1. The molecule has 1 N–H and O–H groups in total. The van der Waals surface area contributed by atoms with Crippen molar-refractivity contribution in [1.29, 1.82) is 0 Å². The fourth-order valence-corrected chi connectivity index (χ4v) is 3.39. The summed E-state index contributed by atoms with van der Waals surface area (Å²) in [5.74, 6) is 2.09. The van der Waals surface area contributed by atoms with E-state index < -0.39 is 0 Å². The van der Waals surface area contributed by atoms with E-state index in [0.717, 1.165) is 62.1 Å². The monoisotopic (exact) mass is 484 g/mol. The molecule has 3 rings (SSSR count). The average Bonchev–Trinajstić information content (AvgIpc) is 2.96. The molecule has 1 aromatic heterocycles. The van der Waals surface area contributed by atoms with Crippen LogP contribution in [0.4, 0.5) is 0 Å². The molecule has 0 radical (unpaired) electrons. The largest absolute Gasteiger partial charge is 0.357 e. The van der Waals surface area contributed by atoms with E-state index in [1.807, 2.05) is 30.0 Å². The van der Waals surface area contributed by atoms with E-state index in [1.54, 1.807) is 6.92 Å². The molecular formula is C19H29IN6O. The number of hydrogen-bond acceptors (Lipinski definition) is 3. The van der Waals surface area contributed by atoms with E-state index in [1.165, 1.54) is 0 Å². The highest BCUT2D eigenvalue weighted by Crippen LogP contribution is 2.15. The molecule has 27 heavy (non-hydrogen) atoms. The Morgan fingerprint density at radius 2 is 1.85 bits per heavy atom. The fraction of sp³-hybridized carbons (Fsp3) is 0.526. The van der Waals surface area contributed by atoms with Gasteiger partial charge in [-0.1, -0.05) is 12.1 Å². The summed E-state index contributed by atoms with van der Waals surface area (Å²) in [5, 5.41) is 3.38. The Bertz CT molecular complexity index is 795. The van der Waals surface area contributed by atoms with Crippen LogP contribution >= 0.6 is 24.0 Å². The molecule has 0 unspecified atom stereocenters. The van der Waals surface area contributed by atoms with Gasteiger partial charge in [0, 0.05) is 46.2 Å². The van der Waals surface area contributed by atoms with Gasteiger partial charge >= 0.3 is 0 Å². The molecule has 8 heteroatoms. The van der Waals surface area contributed by atoms with Gasteiger partial charge in [0.1, 0.15) is 5.82 Å². The van der Waals surface area contributed by atoms with Gasteiger partial charge in [-0.2, -0.15) is 0 Å². The number of hydrogen-bond donors (Lipinski definition) is 1. The second-order valence-corrected chi connectivity index (χ2v) is 6.53.